The fourth-order valence-electron chi connectivity index (χ4n) is 2.11. The van der Waals surface area contributed by atoms with Crippen molar-refractivity contribution in [2.45, 2.75) is 77.0 Å². The van der Waals surface area contributed by atoms with E-state index in [4.69, 9.17) is 0 Å². The van der Waals surface area contributed by atoms with Crippen molar-refractivity contribution in [2.24, 2.45) is 0 Å². The van der Waals surface area contributed by atoms with Crippen LogP contribution < -0.4 is 0 Å². The van der Waals surface area contributed by atoms with Gasteiger partial charge in [-0.05, 0) is 38.5 Å². The number of ether oxygens (including phenoxy) is 1. The molecule has 0 heterocycles. The number of hydrogen-bond acceptors (Lipinski definition) is 2. The normalized spacial score (nSPS) is 11.1. The van der Waals surface area contributed by atoms with Gasteiger partial charge in [0.1, 0.15) is 0 Å². The van der Waals surface area contributed by atoms with E-state index in [1.54, 1.807) is 0 Å². The van der Waals surface area contributed by atoms with Gasteiger partial charge in [-0.3, -0.25) is 9.18 Å². The molecule has 0 spiro atoms. The van der Waals surface area contributed by atoms with E-state index < -0.39 is 0 Å². The van der Waals surface area contributed by atoms with Crippen LogP contribution in [0, 0.1) is 0 Å². The Morgan fingerprint density at radius 1 is 0.850 bits per heavy atom. The van der Waals surface area contributed by atoms with Gasteiger partial charge in [0.25, 0.3) is 0 Å². The molecular formula is C17H31FO2. The molecule has 0 bridgehead atoms. The Bertz CT molecular complexity index is 239. The minimum atomic E-state index is -0.171. The Hall–Kier alpha value is -0.860. The second-order valence-electron chi connectivity index (χ2n) is 5.25. The van der Waals surface area contributed by atoms with Crippen LogP contribution in [0.3, 0.4) is 0 Å². The number of esters is 1. The Morgan fingerprint density at radius 2 is 1.35 bits per heavy atom. The third-order valence-corrected chi connectivity index (χ3v) is 3.40. The number of allylic oxidation sites excluding steroid dienone is 2. The van der Waals surface area contributed by atoms with E-state index >= 15 is 0 Å². The average molecular weight is 286 g/mol. The van der Waals surface area contributed by atoms with Crippen LogP contribution in [0.5, 0.6) is 0 Å². The van der Waals surface area contributed by atoms with Crippen LogP contribution in [0.4, 0.5) is 4.39 Å². The summed E-state index contributed by atoms with van der Waals surface area (Å²) in [5.41, 5.74) is 0. The van der Waals surface area contributed by atoms with Crippen molar-refractivity contribution in [3.05, 3.63) is 12.2 Å². The van der Waals surface area contributed by atoms with Gasteiger partial charge in [-0.15, -0.1) is 0 Å². The predicted molar refractivity (Wildman–Crippen MR) is 82.5 cm³/mol. The summed E-state index contributed by atoms with van der Waals surface area (Å²) in [5.74, 6) is -0.0977. The minimum absolute atomic E-state index is 0.0977. The first kappa shape index (κ1) is 19.1. The van der Waals surface area contributed by atoms with E-state index in [1.165, 1.54) is 32.8 Å². The topological polar surface area (TPSA) is 26.3 Å². The highest BCUT2D eigenvalue weighted by molar-refractivity contribution is 5.68. The zero-order valence-corrected chi connectivity index (χ0v) is 13.0. The Kier molecular flexibility index (Phi) is 15.5. The van der Waals surface area contributed by atoms with Crippen LogP contribution >= 0.6 is 0 Å². The molecule has 0 saturated heterocycles. The fraction of sp³-hybridized carbons (Fsp3) is 0.824. The van der Waals surface area contributed by atoms with Gasteiger partial charge in [-0.25, -0.2) is 0 Å². The maximum Gasteiger partial charge on any atom is 0.305 e. The first-order valence-electron chi connectivity index (χ1n) is 8.09. The molecule has 0 aromatic carbocycles. The van der Waals surface area contributed by atoms with E-state index in [0.717, 1.165) is 44.9 Å². The van der Waals surface area contributed by atoms with Gasteiger partial charge in [-0.2, -0.15) is 0 Å². The van der Waals surface area contributed by atoms with Crippen molar-refractivity contribution in [3.63, 3.8) is 0 Å². The third kappa shape index (κ3) is 15.2. The highest BCUT2D eigenvalue weighted by Crippen LogP contribution is 2.09. The summed E-state index contributed by atoms with van der Waals surface area (Å²) in [6, 6.07) is 0. The number of halogens is 1. The van der Waals surface area contributed by atoms with Gasteiger partial charge in [0.2, 0.25) is 0 Å². The molecular weight excluding hydrogens is 255 g/mol. The standard InChI is InChI=1S/C17H31FO2/c1-20-17(19)15-13-11-9-7-5-3-2-4-6-8-10-12-14-16-18/h2,4H,3,5-16H2,1H3/b4-2-. The molecule has 0 aromatic rings. The second kappa shape index (κ2) is 16.2. The van der Waals surface area contributed by atoms with Gasteiger partial charge >= 0.3 is 5.97 Å². The molecule has 3 heteroatoms. The van der Waals surface area contributed by atoms with Crippen LogP contribution in [-0.4, -0.2) is 19.8 Å². The number of carbonyl (C=O) groups excluding carboxylic acids is 1. The number of carbonyl (C=O) groups is 1. The number of alkyl halides is 1. The maximum absolute atomic E-state index is 11.8. The van der Waals surface area contributed by atoms with E-state index in [0.29, 0.717) is 6.42 Å². The summed E-state index contributed by atoms with van der Waals surface area (Å²) in [6.45, 7) is -0.171. The van der Waals surface area contributed by atoms with Crippen molar-refractivity contribution in [2.75, 3.05) is 13.8 Å². The van der Waals surface area contributed by atoms with Gasteiger partial charge in [0.05, 0.1) is 13.8 Å². The van der Waals surface area contributed by atoms with Gasteiger partial charge in [-0.1, -0.05) is 44.3 Å². The Labute approximate surface area is 123 Å². The Morgan fingerprint density at radius 3 is 1.90 bits per heavy atom. The summed E-state index contributed by atoms with van der Waals surface area (Å²) in [6.07, 6.45) is 17.2. The smallest absolute Gasteiger partial charge is 0.305 e. The third-order valence-electron chi connectivity index (χ3n) is 3.40. The Balaban J connectivity index is 3.10. The molecule has 0 rings (SSSR count). The van der Waals surface area contributed by atoms with Crippen molar-refractivity contribution in [3.8, 4) is 0 Å². The quantitative estimate of drug-likeness (QED) is 0.244. The van der Waals surface area contributed by atoms with Crippen molar-refractivity contribution in [1.29, 1.82) is 0 Å². The highest BCUT2D eigenvalue weighted by Gasteiger charge is 1.98. The number of hydrogen-bond donors (Lipinski definition) is 0. The van der Waals surface area contributed by atoms with Crippen molar-refractivity contribution >= 4 is 5.97 Å². The molecule has 118 valence electrons. The van der Waals surface area contributed by atoms with Crippen molar-refractivity contribution < 1.29 is 13.9 Å². The summed E-state index contributed by atoms with van der Waals surface area (Å²) in [5, 5.41) is 0. The largest absolute Gasteiger partial charge is 0.469 e. The summed E-state index contributed by atoms with van der Waals surface area (Å²) in [4.78, 5) is 10.9. The zero-order chi connectivity index (χ0) is 14.9. The average Bonchev–Trinajstić information content (AvgIpc) is 2.47. The number of rotatable bonds is 14. The lowest BCUT2D eigenvalue weighted by Gasteiger charge is -2.00. The van der Waals surface area contributed by atoms with Crippen LogP contribution in [-0.2, 0) is 9.53 Å². The molecule has 0 aromatic heterocycles. The maximum atomic E-state index is 11.8. The summed E-state index contributed by atoms with van der Waals surface area (Å²) in [7, 11) is 1.44. The van der Waals surface area contributed by atoms with Gasteiger partial charge in [0, 0.05) is 6.42 Å². The molecule has 0 amide bonds. The van der Waals surface area contributed by atoms with Gasteiger partial charge < -0.3 is 4.74 Å². The fourth-order valence-corrected chi connectivity index (χ4v) is 2.11. The molecule has 0 aliphatic rings. The lowest BCUT2D eigenvalue weighted by Crippen LogP contribution is -1.98. The molecule has 2 nitrogen and oxygen atoms in total. The van der Waals surface area contributed by atoms with Crippen LogP contribution in [0.25, 0.3) is 0 Å². The molecule has 0 aliphatic heterocycles. The van der Waals surface area contributed by atoms with E-state index in [9.17, 15) is 9.18 Å². The van der Waals surface area contributed by atoms with E-state index in [-0.39, 0.29) is 12.6 Å². The van der Waals surface area contributed by atoms with Crippen molar-refractivity contribution in [1.82, 2.24) is 0 Å². The molecule has 0 saturated carbocycles. The molecule has 0 aliphatic carbocycles. The summed E-state index contributed by atoms with van der Waals surface area (Å²) < 4.78 is 16.4. The molecule has 0 fully saturated rings. The van der Waals surface area contributed by atoms with Gasteiger partial charge in [0.15, 0.2) is 0 Å². The monoisotopic (exact) mass is 286 g/mol. The molecule has 0 unspecified atom stereocenters. The first-order valence-corrected chi connectivity index (χ1v) is 8.09. The van der Waals surface area contributed by atoms with Crippen LogP contribution in [0.1, 0.15) is 77.0 Å². The molecule has 0 radical (unpaired) electrons. The SMILES string of the molecule is COC(=O)CCCCCCC/C=C\CCCCCCF. The summed E-state index contributed by atoms with van der Waals surface area (Å²) >= 11 is 0. The molecule has 0 atom stereocenters. The van der Waals surface area contributed by atoms with Crippen LogP contribution in [0.15, 0.2) is 12.2 Å². The second-order valence-corrected chi connectivity index (χ2v) is 5.25. The first-order chi connectivity index (χ1) is 9.81. The highest BCUT2D eigenvalue weighted by atomic mass is 19.1. The molecule has 0 N–H and O–H groups in total. The number of methoxy groups -OCH3 is 1. The van der Waals surface area contributed by atoms with Crippen LogP contribution in [0.2, 0.25) is 0 Å². The van der Waals surface area contributed by atoms with E-state index in [2.05, 4.69) is 16.9 Å². The number of unbranched alkanes of at least 4 members (excludes halogenated alkanes) is 9. The molecule has 20 heavy (non-hydrogen) atoms. The lowest BCUT2D eigenvalue weighted by molar-refractivity contribution is -0.140. The minimum Gasteiger partial charge on any atom is -0.469 e. The van der Waals surface area contributed by atoms with E-state index in [1.807, 2.05) is 0 Å². The predicted octanol–water partition coefficient (Wildman–Crippen LogP) is 5.37. The zero-order valence-electron chi connectivity index (χ0n) is 13.0. The lowest BCUT2D eigenvalue weighted by atomic mass is 10.1.